The van der Waals surface area contributed by atoms with Crippen LogP contribution in [0.25, 0.3) is 22.0 Å². The van der Waals surface area contributed by atoms with Crippen molar-refractivity contribution in [3.8, 4) is 16.9 Å². The molecule has 11 heteroatoms. The Balaban J connectivity index is 0.00000461. The van der Waals surface area contributed by atoms with Gasteiger partial charge < -0.3 is 19.7 Å². The number of hydrogen-bond acceptors (Lipinski definition) is 3. The molecule has 0 bridgehead atoms. The van der Waals surface area contributed by atoms with Gasteiger partial charge in [-0.1, -0.05) is 73.5 Å². The van der Waals surface area contributed by atoms with Gasteiger partial charge in [0.25, 0.3) is 5.91 Å². The van der Waals surface area contributed by atoms with Gasteiger partial charge in [0.1, 0.15) is 5.75 Å². The second-order valence-corrected chi connectivity index (χ2v) is 10.7. The van der Waals surface area contributed by atoms with E-state index in [1.807, 2.05) is 30.3 Å². The van der Waals surface area contributed by atoms with Crippen LogP contribution in [0.2, 0.25) is 5.02 Å². The minimum absolute atomic E-state index is 0. The van der Waals surface area contributed by atoms with Crippen molar-refractivity contribution in [2.75, 3.05) is 5.32 Å². The number of nitrogens with zero attached hydrogens (tertiary/aromatic N) is 1. The SMILES string of the molecule is CCCCc1ccc(-c2ccc3c(NC(=O)c4ccc(OC(F)(F)F)cc4)c(C(=O)O)n(Cc4cccc(Cl)c4)c3c2)cc1.[NaH]. The number of fused-ring (bicyclic) bond motifs is 1. The number of carbonyl (C=O) groups is 2. The predicted octanol–water partition coefficient (Wildman–Crippen LogP) is 8.55. The molecule has 0 aliphatic heterocycles. The van der Waals surface area contributed by atoms with Gasteiger partial charge in [-0.2, -0.15) is 0 Å². The van der Waals surface area contributed by atoms with Gasteiger partial charge in [-0.25, -0.2) is 4.79 Å². The summed E-state index contributed by atoms with van der Waals surface area (Å²) in [5, 5.41) is 14.0. The number of benzene rings is 4. The Labute approximate surface area is 285 Å². The van der Waals surface area contributed by atoms with E-state index in [0.29, 0.717) is 15.9 Å². The standard InChI is InChI=1S/C34H28ClF3N2O4.Na.H/c1-2-3-5-21-8-10-23(11-9-21)25-14-17-28-29(19-25)40(20-22-6-4-7-26(35)18-22)31(33(42)43)30(28)39-32(41)24-12-15-27(16-13-24)44-34(36,37)38;;/h4,6-19H,2-3,5,20H2,1H3,(H,39,41)(H,42,43);;. The maximum absolute atomic E-state index is 13.2. The maximum atomic E-state index is 13.2. The first kappa shape index (κ1) is 34.1. The Morgan fingerprint density at radius 1 is 0.911 bits per heavy atom. The average molecular weight is 645 g/mol. The Hall–Kier alpha value is -3.76. The molecule has 1 aromatic heterocycles. The first-order valence-electron chi connectivity index (χ1n) is 13.9. The number of anilines is 1. The van der Waals surface area contributed by atoms with Crippen LogP contribution in [0.3, 0.4) is 0 Å². The van der Waals surface area contributed by atoms with E-state index in [2.05, 4.69) is 29.1 Å². The van der Waals surface area contributed by atoms with Crippen LogP contribution in [0.4, 0.5) is 18.9 Å². The number of carbonyl (C=O) groups excluding carboxylic acids is 1. The van der Waals surface area contributed by atoms with Gasteiger partial charge in [0, 0.05) is 22.5 Å². The molecule has 0 spiro atoms. The number of hydrogen-bond donors (Lipinski definition) is 2. The number of halogens is 4. The Kier molecular flexibility index (Phi) is 11.0. The molecule has 0 fully saturated rings. The molecule has 0 saturated carbocycles. The number of unbranched alkanes of at least 4 members (excludes halogenated alkanes) is 1. The zero-order chi connectivity index (χ0) is 31.4. The third-order valence-electron chi connectivity index (χ3n) is 7.19. The molecule has 0 unspecified atom stereocenters. The number of rotatable bonds is 10. The molecule has 0 atom stereocenters. The summed E-state index contributed by atoms with van der Waals surface area (Å²) >= 11 is 6.22. The fourth-order valence-corrected chi connectivity index (χ4v) is 5.31. The van der Waals surface area contributed by atoms with Gasteiger partial charge in [0.05, 0.1) is 11.2 Å². The van der Waals surface area contributed by atoms with Crippen LogP contribution in [0.15, 0.2) is 91.0 Å². The van der Waals surface area contributed by atoms with Crippen LogP contribution in [-0.2, 0) is 13.0 Å². The Bertz CT molecular complexity index is 1820. The fraction of sp³-hybridized carbons (Fsp3) is 0.176. The van der Waals surface area contributed by atoms with Crippen LogP contribution in [0.1, 0.15) is 51.7 Å². The molecule has 5 aromatic rings. The van der Waals surface area contributed by atoms with Crippen molar-refractivity contribution < 1.29 is 32.6 Å². The van der Waals surface area contributed by atoms with Gasteiger partial charge >= 0.3 is 41.9 Å². The van der Waals surface area contributed by atoms with Crippen molar-refractivity contribution in [1.82, 2.24) is 4.57 Å². The van der Waals surface area contributed by atoms with Crippen LogP contribution in [-0.4, -0.2) is 57.5 Å². The van der Waals surface area contributed by atoms with Gasteiger partial charge in [-0.15, -0.1) is 13.2 Å². The molecular weight excluding hydrogens is 616 g/mol. The van der Waals surface area contributed by atoms with Crippen molar-refractivity contribution in [3.63, 3.8) is 0 Å². The second kappa shape index (κ2) is 14.6. The number of aromatic nitrogens is 1. The van der Waals surface area contributed by atoms with E-state index in [-0.39, 0.29) is 53.0 Å². The molecule has 5 rings (SSSR count). The summed E-state index contributed by atoms with van der Waals surface area (Å²) in [6.07, 6.45) is -1.69. The summed E-state index contributed by atoms with van der Waals surface area (Å²) in [6, 6.07) is 25.1. The third kappa shape index (κ3) is 8.29. The number of alkyl halides is 3. The molecule has 0 saturated heterocycles. The number of aromatic carboxylic acids is 1. The summed E-state index contributed by atoms with van der Waals surface area (Å²) in [7, 11) is 0. The monoisotopic (exact) mass is 644 g/mol. The van der Waals surface area contributed by atoms with Crippen molar-refractivity contribution in [3.05, 3.63) is 118 Å². The second-order valence-electron chi connectivity index (χ2n) is 10.3. The van der Waals surface area contributed by atoms with Crippen molar-refractivity contribution >= 4 is 69.6 Å². The number of amides is 1. The summed E-state index contributed by atoms with van der Waals surface area (Å²) < 4.78 is 43.2. The third-order valence-corrected chi connectivity index (χ3v) is 7.43. The molecule has 4 aromatic carbocycles. The zero-order valence-corrected chi connectivity index (χ0v) is 24.4. The molecule has 1 amide bonds. The van der Waals surface area contributed by atoms with E-state index in [4.69, 9.17) is 11.6 Å². The molecule has 0 aliphatic rings. The quantitative estimate of drug-likeness (QED) is 0.149. The van der Waals surface area contributed by atoms with Crippen LogP contribution >= 0.6 is 11.6 Å². The average Bonchev–Trinajstić information content (AvgIpc) is 3.28. The summed E-state index contributed by atoms with van der Waals surface area (Å²) in [4.78, 5) is 26.0. The zero-order valence-electron chi connectivity index (χ0n) is 23.6. The van der Waals surface area contributed by atoms with Crippen molar-refractivity contribution in [2.45, 2.75) is 39.1 Å². The molecule has 2 N–H and O–H groups in total. The predicted molar refractivity (Wildman–Crippen MR) is 172 cm³/mol. The number of aryl methyl sites for hydroxylation is 1. The molecule has 6 nitrogen and oxygen atoms in total. The van der Waals surface area contributed by atoms with E-state index in [1.165, 1.54) is 17.7 Å². The fourth-order valence-electron chi connectivity index (χ4n) is 5.10. The van der Waals surface area contributed by atoms with E-state index >= 15 is 0 Å². The summed E-state index contributed by atoms with van der Waals surface area (Å²) in [5.41, 5.74) is 4.29. The molecule has 228 valence electrons. The van der Waals surface area contributed by atoms with E-state index in [1.54, 1.807) is 28.8 Å². The van der Waals surface area contributed by atoms with Gasteiger partial charge in [-0.05, 0) is 77.6 Å². The van der Waals surface area contributed by atoms with Crippen LogP contribution in [0.5, 0.6) is 5.75 Å². The normalized spacial score (nSPS) is 11.2. The van der Waals surface area contributed by atoms with E-state index in [0.717, 1.165) is 48.1 Å². The topological polar surface area (TPSA) is 80.6 Å². The number of nitrogens with one attached hydrogen (secondary N) is 1. The first-order chi connectivity index (χ1) is 21.0. The molecule has 45 heavy (non-hydrogen) atoms. The van der Waals surface area contributed by atoms with Crippen molar-refractivity contribution in [1.29, 1.82) is 0 Å². The van der Waals surface area contributed by atoms with Gasteiger partial charge in [-0.3, -0.25) is 4.79 Å². The first-order valence-corrected chi connectivity index (χ1v) is 14.3. The number of carboxylic acid groups (broad SMARTS) is 1. The van der Waals surface area contributed by atoms with E-state index in [9.17, 15) is 27.9 Å². The number of ether oxygens (including phenoxy) is 1. The summed E-state index contributed by atoms with van der Waals surface area (Å²) in [5.74, 6) is -2.45. The van der Waals surface area contributed by atoms with Crippen LogP contribution < -0.4 is 10.1 Å². The Morgan fingerprint density at radius 2 is 1.60 bits per heavy atom. The molecule has 1 heterocycles. The minimum atomic E-state index is -4.87. The molecular formula is C34H29ClF3N2NaO4. The van der Waals surface area contributed by atoms with Crippen molar-refractivity contribution in [2.24, 2.45) is 0 Å². The van der Waals surface area contributed by atoms with Gasteiger partial charge in [0.15, 0.2) is 5.69 Å². The molecule has 0 radical (unpaired) electrons. The van der Waals surface area contributed by atoms with E-state index < -0.39 is 24.0 Å². The van der Waals surface area contributed by atoms with Gasteiger partial charge in [0.2, 0.25) is 0 Å². The Morgan fingerprint density at radius 3 is 2.22 bits per heavy atom. The summed E-state index contributed by atoms with van der Waals surface area (Å²) in [6.45, 7) is 2.30. The molecule has 0 aliphatic carbocycles. The van der Waals surface area contributed by atoms with Crippen LogP contribution in [0, 0.1) is 0 Å². The number of carboxylic acids is 1.